The predicted octanol–water partition coefficient (Wildman–Crippen LogP) is 3.37. The zero-order valence-electron chi connectivity index (χ0n) is 11.0. The number of benzene rings is 2. The zero-order chi connectivity index (χ0) is 14.4. The highest BCUT2D eigenvalue weighted by Gasteiger charge is 2.17. The van der Waals surface area contributed by atoms with Crippen molar-refractivity contribution in [1.29, 1.82) is 5.26 Å². The largest absolute Gasteiger partial charge is 0.219 e. The quantitative estimate of drug-likeness (QED) is 0.791. The van der Waals surface area contributed by atoms with Crippen molar-refractivity contribution in [3.63, 3.8) is 0 Å². The van der Waals surface area contributed by atoms with Crippen molar-refractivity contribution in [3.05, 3.63) is 60.2 Å². The average molecular weight is 285 g/mol. The molecule has 0 fully saturated rings. The summed E-state index contributed by atoms with van der Waals surface area (Å²) in [6.07, 6.45) is 1.94. The van der Waals surface area contributed by atoms with Crippen LogP contribution in [-0.4, -0.2) is 8.42 Å². The van der Waals surface area contributed by atoms with Crippen molar-refractivity contribution < 1.29 is 8.42 Å². The summed E-state index contributed by atoms with van der Waals surface area (Å²) in [5, 5.41) is 8.53. The van der Waals surface area contributed by atoms with Gasteiger partial charge in [-0.3, -0.25) is 0 Å². The first kappa shape index (κ1) is 14.3. The minimum atomic E-state index is -3.46. The average Bonchev–Trinajstić information content (AvgIpc) is 2.49. The van der Waals surface area contributed by atoms with Crippen LogP contribution in [0.2, 0.25) is 0 Å². The molecular weight excluding hydrogens is 270 g/mol. The monoisotopic (exact) mass is 285 g/mol. The van der Waals surface area contributed by atoms with Crippen LogP contribution >= 0.6 is 0 Å². The summed E-state index contributed by atoms with van der Waals surface area (Å²) < 4.78 is 24.9. The van der Waals surface area contributed by atoms with E-state index in [1.165, 1.54) is 0 Å². The molecule has 102 valence electrons. The van der Waals surface area contributed by atoms with Crippen molar-refractivity contribution in [2.45, 2.75) is 29.1 Å². The van der Waals surface area contributed by atoms with Crippen LogP contribution in [0.25, 0.3) is 0 Å². The highest BCUT2D eigenvalue weighted by molar-refractivity contribution is 7.91. The van der Waals surface area contributed by atoms with E-state index in [9.17, 15) is 8.42 Å². The van der Waals surface area contributed by atoms with Crippen molar-refractivity contribution in [2.75, 3.05) is 0 Å². The first-order valence-electron chi connectivity index (χ1n) is 6.40. The molecule has 2 aromatic rings. The second-order valence-electron chi connectivity index (χ2n) is 4.48. The molecule has 0 aliphatic carbocycles. The minimum absolute atomic E-state index is 0.300. The van der Waals surface area contributed by atoms with E-state index in [1.807, 2.05) is 6.07 Å². The highest BCUT2D eigenvalue weighted by atomic mass is 32.2. The van der Waals surface area contributed by atoms with Gasteiger partial charge in [0.1, 0.15) is 0 Å². The van der Waals surface area contributed by atoms with Crippen molar-refractivity contribution in [3.8, 4) is 6.07 Å². The Bertz CT molecular complexity index is 716. The normalized spacial score (nSPS) is 10.9. The molecule has 2 aromatic carbocycles. The van der Waals surface area contributed by atoms with Gasteiger partial charge in [0.2, 0.25) is 9.84 Å². The second-order valence-corrected chi connectivity index (χ2v) is 6.43. The Labute approximate surface area is 119 Å². The van der Waals surface area contributed by atoms with E-state index in [0.29, 0.717) is 22.6 Å². The van der Waals surface area contributed by atoms with E-state index in [0.717, 1.165) is 12.0 Å². The van der Waals surface area contributed by atoms with Crippen LogP contribution in [-0.2, 0) is 16.3 Å². The second kappa shape index (κ2) is 6.36. The third-order valence-corrected chi connectivity index (χ3v) is 4.78. The fourth-order valence-corrected chi connectivity index (χ4v) is 3.33. The van der Waals surface area contributed by atoms with Gasteiger partial charge in [-0.25, -0.2) is 8.42 Å². The standard InChI is InChI=1S/C16H15NO2S/c17-12-5-4-7-14-8-6-11-16(13-14)20(18,19)15-9-2-1-3-10-15/h1-3,6,8-11,13H,4-5,7H2. The third-order valence-electron chi connectivity index (χ3n) is 3.02. The fourth-order valence-electron chi connectivity index (χ4n) is 1.98. The van der Waals surface area contributed by atoms with Crippen LogP contribution < -0.4 is 0 Å². The van der Waals surface area contributed by atoms with Crippen molar-refractivity contribution >= 4 is 9.84 Å². The maximum absolute atomic E-state index is 12.5. The van der Waals surface area contributed by atoms with Crippen LogP contribution in [0.4, 0.5) is 0 Å². The van der Waals surface area contributed by atoms with E-state index >= 15 is 0 Å². The van der Waals surface area contributed by atoms with Crippen LogP contribution in [0.5, 0.6) is 0 Å². The van der Waals surface area contributed by atoms with Gasteiger partial charge in [-0.1, -0.05) is 30.3 Å². The summed E-state index contributed by atoms with van der Waals surface area (Å²) in [6.45, 7) is 0. The molecule has 0 N–H and O–H groups in total. The Kier molecular flexibility index (Phi) is 4.54. The summed E-state index contributed by atoms with van der Waals surface area (Å²) in [6, 6.07) is 17.4. The number of aryl methyl sites for hydroxylation is 1. The topological polar surface area (TPSA) is 57.9 Å². The summed E-state index contributed by atoms with van der Waals surface area (Å²) in [4.78, 5) is 0.604. The lowest BCUT2D eigenvalue weighted by atomic mass is 10.1. The molecule has 0 radical (unpaired) electrons. The molecule has 0 saturated heterocycles. The predicted molar refractivity (Wildman–Crippen MR) is 76.9 cm³/mol. The van der Waals surface area contributed by atoms with Crippen LogP contribution in [0.15, 0.2) is 64.4 Å². The van der Waals surface area contributed by atoms with Crippen LogP contribution in [0, 0.1) is 11.3 Å². The van der Waals surface area contributed by atoms with Gasteiger partial charge < -0.3 is 0 Å². The smallest absolute Gasteiger partial charge is 0.206 e. The first-order valence-corrected chi connectivity index (χ1v) is 7.89. The number of hydrogen-bond donors (Lipinski definition) is 0. The number of hydrogen-bond acceptors (Lipinski definition) is 3. The number of nitriles is 1. The Hall–Kier alpha value is -2.12. The Morgan fingerprint density at radius 1 is 0.950 bits per heavy atom. The van der Waals surface area contributed by atoms with Crippen molar-refractivity contribution in [2.24, 2.45) is 0 Å². The van der Waals surface area contributed by atoms with E-state index in [4.69, 9.17) is 5.26 Å². The van der Waals surface area contributed by atoms with Crippen LogP contribution in [0.1, 0.15) is 18.4 Å². The van der Waals surface area contributed by atoms with Gasteiger partial charge in [-0.2, -0.15) is 5.26 Å². The molecule has 0 spiro atoms. The molecular formula is C16H15NO2S. The van der Waals surface area contributed by atoms with Gasteiger partial charge in [0, 0.05) is 6.42 Å². The summed E-state index contributed by atoms with van der Waals surface area (Å²) in [7, 11) is -3.46. The SMILES string of the molecule is N#CCCCc1cccc(S(=O)(=O)c2ccccc2)c1. The van der Waals surface area contributed by atoms with Crippen LogP contribution in [0.3, 0.4) is 0 Å². The van der Waals surface area contributed by atoms with Gasteiger partial charge in [-0.15, -0.1) is 0 Å². The Morgan fingerprint density at radius 2 is 1.65 bits per heavy atom. The molecule has 0 atom stereocenters. The number of nitrogens with zero attached hydrogens (tertiary/aromatic N) is 1. The van der Waals surface area contributed by atoms with E-state index in [1.54, 1.807) is 48.5 Å². The third kappa shape index (κ3) is 3.25. The van der Waals surface area contributed by atoms with Gasteiger partial charge in [0.05, 0.1) is 15.9 Å². The molecule has 0 amide bonds. The lowest BCUT2D eigenvalue weighted by Crippen LogP contribution is -2.02. The molecule has 0 bridgehead atoms. The Morgan fingerprint density at radius 3 is 2.35 bits per heavy atom. The number of unbranched alkanes of at least 4 members (excludes halogenated alkanes) is 1. The molecule has 0 aromatic heterocycles. The molecule has 4 heteroatoms. The number of rotatable bonds is 5. The molecule has 0 aliphatic rings. The summed E-state index contributed by atoms with van der Waals surface area (Å²) >= 11 is 0. The van der Waals surface area contributed by atoms with E-state index in [2.05, 4.69) is 6.07 Å². The minimum Gasteiger partial charge on any atom is -0.219 e. The molecule has 20 heavy (non-hydrogen) atoms. The Balaban J connectivity index is 2.29. The summed E-state index contributed by atoms with van der Waals surface area (Å²) in [5.74, 6) is 0. The highest BCUT2D eigenvalue weighted by Crippen LogP contribution is 2.21. The molecule has 0 heterocycles. The maximum atomic E-state index is 12.5. The van der Waals surface area contributed by atoms with Gasteiger partial charge >= 0.3 is 0 Å². The fraction of sp³-hybridized carbons (Fsp3) is 0.188. The molecule has 0 aliphatic heterocycles. The zero-order valence-corrected chi connectivity index (χ0v) is 11.8. The van der Waals surface area contributed by atoms with Gasteiger partial charge in [0.15, 0.2) is 0 Å². The summed E-state index contributed by atoms with van der Waals surface area (Å²) in [5.41, 5.74) is 0.942. The molecule has 0 saturated carbocycles. The lowest BCUT2D eigenvalue weighted by Gasteiger charge is -2.06. The lowest BCUT2D eigenvalue weighted by molar-refractivity contribution is 0.596. The number of sulfone groups is 1. The van der Waals surface area contributed by atoms with E-state index in [-0.39, 0.29) is 0 Å². The van der Waals surface area contributed by atoms with Gasteiger partial charge in [0.25, 0.3) is 0 Å². The molecule has 0 unspecified atom stereocenters. The van der Waals surface area contributed by atoms with Gasteiger partial charge in [-0.05, 0) is 42.7 Å². The molecule has 3 nitrogen and oxygen atoms in total. The van der Waals surface area contributed by atoms with E-state index < -0.39 is 9.84 Å². The first-order chi connectivity index (χ1) is 9.64. The maximum Gasteiger partial charge on any atom is 0.206 e. The molecule has 2 rings (SSSR count). The van der Waals surface area contributed by atoms with Crippen molar-refractivity contribution in [1.82, 2.24) is 0 Å².